The van der Waals surface area contributed by atoms with Gasteiger partial charge in [-0.1, -0.05) is 49.1 Å². The van der Waals surface area contributed by atoms with Crippen LogP contribution in [-0.4, -0.2) is 28.8 Å². The number of rotatable bonds is 7. The molecule has 8 heteroatoms. The average molecular weight is 543 g/mol. The summed E-state index contributed by atoms with van der Waals surface area (Å²) in [6.07, 6.45) is 2.65. The SMILES string of the molecule is CCCN1C(=O)/C(=C\c2cc(I)c(OCc3ccccc3F)c(OC)c2)SC1=S. The number of nitrogens with zero attached hydrogens (tertiary/aromatic N) is 1. The number of amides is 1. The van der Waals surface area contributed by atoms with Crippen LogP contribution in [0.4, 0.5) is 4.39 Å². The number of hydrogen-bond donors (Lipinski definition) is 0. The van der Waals surface area contributed by atoms with Crippen molar-refractivity contribution in [2.45, 2.75) is 20.0 Å². The van der Waals surface area contributed by atoms with Crippen LogP contribution in [0, 0.1) is 9.39 Å². The van der Waals surface area contributed by atoms with Crippen LogP contribution in [0.3, 0.4) is 0 Å². The zero-order valence-corrected chi connectivity index (χ0v) is 19.7. The molecule has 152 valence electrons. The fourth-order valence-electron chi connectivity index (χ4n) is 2.80. The van der Waals surface area contributed by atoms with E-state index in [-0.39, 0.29) is 18.3 Å². The highest BCUT2D eigenvalue weighted by molar-refractivity contribution is 14.1. The third-order valence-electron chi connectivity index (χ3n) is 4.20. The van der Waals surface area contributed by atoms with Gasteiger partial charge in [0.1, 0.15) is 16.7 Å². The molecule has 2 aromatic carbocycles. The molecule has 0 bridgehead atoms. The van der Waals surface area contributed by atoms with Crippen LogP contribution in [0.5, 0.6) is 11.5 Å². The Labute approximate surface area is 192 Å². The first-order chi connectivity index (χ1) is 13.9. The van der Waals surface area contributed by atoms with Crippen molar-refractivity contribution < 1.29 is 18.7 Å². The van der Waals surface area contributed by atoms with E-state index in [0.717, 1.165) is 15.6 Å². The van der Waals surface area contributed by atoms with E-state index < -0.39 is 0 Å². The monoisotopic (exact) mass is 543 g/mol. The molecule has 1 aliphatic rings. The Morgan fingerprint density at radius 3 is 2.76 bits per heavy atom. The number of methoxy groups -OCH3 is 1. The maximum atomic E-state index is 13.9. The van der Waals surface area contributed by atoms with Gasteiger partial charge in [-0.15, -0.1) is 0 Å². The van der Waals surface area contributed by atoms with E-state index in [9.17, 15) is 9.18 Å². The molecule has 3 rings (SSSR count). The molecule has 1 heterocycles. The second-order valence-electron chi connectivity index (χ2n) is 6.25. The quantitative estimate of drug-likeness (QED) is 0.257. The number of carbonyl (C=O) groups is 1. The molecule has 0 unspecified atom stereocenters. The highest BCUT2D eigenvalue weighted by Gasteiger charge is 2.31. The summed E-state index contributed by atoms with van der Waals surface area (Å²) in [5, 5.41) is 0. The smallest absolute Gasteiger partial charge is 0.266 e. The van der Waals surface area contributed by atoms with Crippen molar-refractivity contribution in [3.8, 4) is 11.5 Å². The summed E-state index contributed by atoms with van der Waals surface area (Å²) in [4.78, 5) is 14.8. The molecule has 29 heavy (non-hydrogen) atoms. The van der Waals surface area contributed by atoms with Crippen LogP contribution in [0.15, 0.2) is 41.3 Å². The minimum Gasteiger partial charge on any atom is -0.493 e. The van der Waals surface area contributed by atoms with Crippen LogP contribution in [-0.2, 0) is 11.4 Å². The van der Waals surface area contributed by atoms with Gasteiger partial charge in [0.25, 0.3) is 5.91 Å². The lowest BCUT2D eigenvalue weighted by Crippen LogP contribution is -2.28. The molecular weight excluding hydrogens is 524 g/mol. The van der Waals surface area contributed by atoms with Gasteiger partial charge in [0.05, 0.1) is 15.6 Å². The van der Waals surface area contributed by atoms with Gasteiger partial charge in [-0.3, -0.25) is 9.69 Å². The first kappa shape index (κ1) is 22.0. The third-order valence-corrected chi connectivity index (χ3v) is 6.38. The largest absolute Gasteiger partial charge is 0.493 e. The summed E-state index contributed by atoms with van der Waals surface area (Å²) in [7, 11) is 1.55. The number of thiocarbonyl (C=S) groups is 1. The molecule has 0 radical (unpaired) electrons. The van der Waals surface area contributed by atoms with Crippen LogP contribution >= 0.6 is 46.6 Å². The molecular formula is C21H19FINO3S2. The number of halogens is 2. The predicted octanol–water partition coefficient (Wildman–Crippen LogP) is 5.63. The molecule has 0 aliphatic carbocycles. The first-order valence-electron chi connectivity index (χ1n) is 8.93. The lowest BCUT2D eigenvalue weighted by molar-refractivity contribution is -0.122. The minimum absolute atomic E-state index is 0.0734. The molecule has 1 amide bonds. The van der Waals surface area contributed by atoms with Gasteiger partial charge in [0.15, 0.2) is 11.5 Å². The summed E-state index contributed by atoms with van der Waals surface area (Å²) < 4.78 is 26.6. The summed E-state index contributed by atoms with van der Waals surface area (Å²) in [6.45, 7) is 2.72. The molecule has 0 atom stereocenters. The van der Waals surface area contributed by atoms with Gasteiger partial charge >= 0.3 is 0 Å². The second kappa shape index (κ2) is 9.90. The Morgan fingerprint density at radius 2 is 2.07 bits per heavy atom. The molecule has 0 aromatic heterocycles. The molecule has 4 nitrogen and oxygen atoms in total. The number of thioether (sulfide) groups is 1. The molecule has 1 fully saturated rings. The topological polar surface area (TPSA) is 38.8 Å². The molecule has 2 aromatic rings. The van der Waals surface area contributed by atoms with Crippen molar-refractivity contribution in [1.29, 1.82) is 0 Å². The van der Waals surface area contributed by atoms with E-state index in [1.54, 1.807) is 42.4 Å². The molecule has 0 spiro atoms. The van der Waals surface area contributed by atoms with Gasteiger partial charge < -0.3 is 9.47 Å². The second-order valence-corrected chi connectivity index (χ2v) is 9.09. The van der Waals surface area contributed by atoms with Crippen LogP contribution in [0.1, 0.15) is 24.5 Å². The number of hydrogen-bond acceptors (Lipinski definition) is 5. The zero-order chi connectivity index (χ0) is 21.0. The molecule has 1 aliphatic heterocycles. The summed E-state index contributed by atoms with van der Waals surface area (Å²) in [6, 6.07) is 10.2. The van der Waals surface area contributed by atoms with E-state index in [4.69, 9.17) is 21.7 Å². The van der Waals surface area contributed by atoms with Crippen molar-refractivity contribution in [3.05, 3.63) is 61.8 Å². The Balaban J connectivity index is 1.84. The maximum absolute atomic E-state index is 13.9. The molecule has 0 saturated carbocycles. The summed E-state index contributed by atoms with van der Waals surface area (Å²) >= 11 is 8.76. The standard InChI is InChI=1S/C21H19FINO3S2/c1-3-8-24-20(25)18(29-21(24)28)11-13-9-16(23)19(17(10-13)26-2)27-12-14-6-4-5-7-15(14)22/h4-7,9-11H,3,8,12H2,1-2H3/b18-11+. The predicted molar refractivity (Wildman–Crippen MR) is 127 cm³/mol. The van der Waals surface area contributed by atoms with Gasteiger partial charge in [0.2, 0.25) is 0 Å². The Kier molecular flexibility index (Phi) is 7.53. The third kappa shape index (κ3) is 5.10. The van der Waals surface area contributed by atoms with Crippen LogP contribution in [0.2, 0.25) is 0 Å². The van der Waals surface area contributed by atoms with Crippen molar-refractivity contribution in [2.75, 3.05) is 13.7 Å². The maximum Gasteiger partial charge on any atom is 0.266 e. The number of ether oxygens (including phenoxy) is 2. The van der Waals surface area contributed by atoms with Gasteiger partial charge in [-0.2, -0.15) is 0 Å². The van der Waals surface area contributed by atoms with Gasteiger partial charge in [-0.05, 0) is 58.9 Å². The van der Waals surface area contributed by atoms with Crippen molar-refractivity contribution in [2.24, 2.45) is 0 Å². The van der Waals surface area contributed by atoms with E-state index in [0.29, 0.717) is 32.8 Å². The summed E-state index contributed by atoms with van der Waals surface area (Å²) in [5.41, 5.74) is 1.27. The molecule has 0 N–H and O–H groups in total. The van der Waals surface area contributed by atoms with E-state index >= 15 is 0 Å². The van der Waals surface area contributed by atoms with E-state index in [1.807, 2.05) is 13.0 Å². The fourth-order valence-corrected chi connectivity index (χ4v) is 4.89. The van der Waals surface area contributed by atoms with Crippen molar-refractivity contribution in [3.63, 3.8) is 0 Å². The first-order valence-corrected chi connectivity index (χ1v) is 11.2. The van der Waals surface area contributed by atoms with Crippen molar-refractivity contribution in [1.82, 2.24) is 4.90 Å². The van der Waals surface area contributed by atoms with Crippen LogP contribution < -0.4 is 9.47 Å². The van der Waals surface area contributed by atoms with Gasteiger partial charge in [-0.25, -0.2) is 4.39 Å². The number of benzene rings is 2. The number of carbonyl (C=O) groups excluding carboxylic acids is 1. The minimum atomic E-state index is -0.313. The van der Waals surface area contributed by atoms with Crippen molar-refractivity contribution >= 4 is 62.9 Å². The Bertz CT molecular complexity index is 980. The lowest BCUT2D eigenvalue weighted by Gasteiger charge is -2.14. The van der Waals surface area contributed by atoms with E-state index in [1.165, 1.54) is 17.8 Å². The lowest BCUT2D eigenvalue weighted by atomic mass is 10.1. The Hall–Kier alpha value is -1.65. The molecule has 1 saturated heterocycles. The zero-order valence-electron chi connectivity index (χ0n) is 15.9. The van der Waals surface area contributed by atoms with E-state index in [2.05, 4.69) is 22.6 Å². The highest BCUT2D eigenvalue weighted by atomic mass is 127. The Morgan fingerprint density at radius 1 is 1.31 bits per heavy atom. The van der Waals surface area contributed by atoms with Crippen LogP contribution in [0.25, 0.3) is 6.08 Å². The van der Waals surface area contributed by atoms with Gasteiger partial charge in [0, 0.05) is 12.1 Å². The summed E-state index contributed by atoms with van der Waals surface area (Å²) in [5.74, 6) is 0.665. The average Bonchev–Trinajstić information content (AvgIpc) is 2.95. The normalized spacial score (nSPS) is 15.3. The fraction of sp³-hybridized carbons (Fsp3) is 0.238. The highest BCUT2D eigenvalue weighted by Crippen LogP contribution is 2.37.